The van der Waals surface area contributed by atoms with Crippen LogP contribution < -0.4 is 10.9 Å². The number of hydrazine groups is 1. The molecule has 0 aliphatic carbocycles. The second kappa shape index (κ2) is 8.69. The van der Waals surface area contributed by atoms with Gasteiger partial charge < -0.3 is 0 Å². The summed E-state index contributed by atoms with van der Waals surface area (Å²) >= 11 is 0. The largest absolute Gasteiger partial charge is 0.294 e. The molecule has 0 radical (unpaired) electrons. The molecule has 0 saturated carbocycles. The Balaban J connectivity index is 1.72. The van der Waals surface area contributed by atoms with Gasteiger partial charge in [-0.2, -0.15) is 0 Å². The Labute approximate surface area is 152 Å². The van der Waals surface area contributed by atoms with Crippen LogP contribution in [0.2, 0.25) is 0 Å². The number of nitrogens with zero attached hydrogens (tertiary/aromatic N) is 1. The molecule has 1 amide bonds. The third-order valence-corrected chi connectivity index (χ3v) is 3.99. The van der Waals surface area contributed by atoms with Crippen molar-refractivity contribution in [3.8, 4) is 0 Å². The fourth-order valence-electron chi connectivity index (χ4n) is 2.59. The van der Waals surface area contributed by atoms with Gasteiger partial charge in [-0.3, -0.25) is 20.0 Å². The van der Waals surface area contributed by atoms with Crippen molar-refractivity contribution in [2.24, 2.45) is 0 Å². The van der Waals surface area contributed by atoms with Crippen LogP contribution in [0.5, 0.6) is 0 Å². The molecular weight excluding hydrogens is 326 g/mol. The standard InChI is InChI=1S/C21H19N3O2/c25-20(17-9-5-2-6-10-17)15-19(16-7-3-1-4-8-16)23-24-21(26)18-11-13-22-14-12-18/h1-14,19,23H,15H2,(H,24,26). The molecule has 0 aliphatic heterocycles. The van der Waals surface area contributed by atoms with E-state index in [2.05, 4.69) is 15.8 Å². The molecule has 0 fully saturated rings. The van der Waals surface area contributed by atoms with Gasteiger partial charge in [0.2, 0.25) is 0 Å². The van der Waals surface area contributed by atoms with Crippen molar-refractivity contribution in [3.05, 3.63) is 102 Å². The highest BCUT2D eigenvalue weighted by molar-refractivity contribution is 5.96. The number of carbonyl (C=O) groups excluding carboxylic acids is 2. The third-order valence-electron chi connectivity index (χ3n) is 3.99. The fraction of sp³-hybridized carbons (Fsp3) is 0.0952. The normalized spacial score (nSPS) is 11.5. The van der Waals surface area contributed by atoms with Gasteiger partial charge in [-0.1, -0.05) is 60.7 Å². The topological polar surface area (TPSA) is 71.1 Å². The zero-order valence-electron chi connectivity index (χ0n) is 14.1. The zero-order valence-corrected chi connectivity index (χ0v) is 14.1. The number of benzene rings is 2. The summed E-state index contributed by atoms with van der Waals surface area (Å²) in [6.45, 7) is 0. The molecular formula is C21H19N3O2. The van der Waals surface area contributed by atoms with Crippen LogP contribution in [0.25, 0.3) is 0 Å². The number of Topliss-reactive ketones (excluding diaryl/α,β-unsaturated/α-hetero) is 1. The van der Waals surface area contributed by atoms with E-state index in [4.69, 9.17) is 0 Å². The Hall–Kier alpha value is -3.31. The van der Waals surface area contributed by atoms with Crippen LogP contribution in [0.4, 0.5) is 0 Å². The van der Waals surface area contributed by atoms with E-state index >= 15 is 0 Å². The van der Waals surface area contributed by atoms with Gasteiger partial charge >= 0.3 is 0 Å². The second-order valence-electron chi connectivity index (χ2n) is 5.79. The van der Waals surface area contributed by atoms with E-state index < -0.39 is 0 Å². The number of nitrogens with one attached hydrogen (secondary N) is 2. The Morgan fingerprint density at radius 1 is 0.808 bits per heavy atom. The summed E-state index contributed by atoms with van der Waals surface area (Å²) in [6, 6.07) is 21.6. The Bertz CT molecular complexity index is 852. The Morgan fingerprint density at radius 3 is 2.08 bits per heavy atom. The molecule has 5 nitrogen and oxygen atoms in total. The van der Waals surface area contributed by atoms with Crippen molar-refractivity contribution in [3.63, 3.8) is 0 Å². The van der Waals surface area contributed by atoms with E-state index in [1.807, 2.05) is 48.5 Å². The van der Waals surface area contributed by atoms with Gasteiger partial charge in [0.05, 0.1) is 6.04 Å². The van der Waals surface area contributed by atoms with E-state index in [0.717, 1.165) is 5.56 Å². The average Bonchev–Trinajstić information content (AvgIpc) is 2.72. The van der Waals surface area contributed by atoms with Crippen molar-refractivity contribution in [2.45, 2.75) is 12.5 Å². The van der Waals surface area contributed by atoms with Crippen molar-refractivity contribution < 1.29 is 9.59 Å². The predicted molar refractivity (Wildman–Crippen MR) is 99.4 cm³/mol. The van der Waals surface area contributed by atoms with Gasteiger partial charge in [-0.05, 0) is 17.7 Å². The molecule has 2 aromatic carbocycles. The minimum Gasteiger partial charge on any atom is -0.294 e. The van der Waals surface area contributed by atoms with Crippen LogP contribution in [-0.4, -0.2) is 16.7 Å². The first kappa shape index (κ1) is 17.5. The summed E-state index contributed by atoms with van der Waals surface area (Å²) in [5.74, 6) is -0.273. The van der Waals surface area contributed by atoms with Crippen molar-refractivity contribution >= 4 is 11.7 Å². The summed E-state index contributed by atoms with van der Waals surface area (Å²) in [5, 5.41) is 0. The molecule has 3 aromatic rings. The average molecular weight is 345 g/mol. The number of carbonyl (C=O) groups is 2. The van der Waals surface area contributed by atoms with Gasteiger partial charge in [-0.15, -0.1) is 0 Å². The second-order valence-corrected chi connectivity index (χ2v) is 5.79. The number of pyridine rings is 1. The molecule has 0 bridgehead atoms. The zero-order chi connectivity index (χ0) is 18.2. The molecule has 3 rings (SSSR count). The monoisotopic (exact) mass is 345 g/mol. The summed E-state index contributed by atoms with van der Waals surface area (Å²) in [4.78, 5) is 28.7. The molecule has 1 heterocycles. The van der Waals surface area contributed by atoms with Crippen LogP contribution in [0, 0.1) is 0 Å². The molecule has 5 heteroatoms. The number of hydrogen-bond acceptors (Lipinski definition) is 4. The fourth-order valence-corrected chi connectivity index (χ4v) is 2.59. The van der Waals surface area contributed by atoms with Gasteiger partial charge in [0.25, 0.3) is 5.91 Å². The van der Waals surface area contributed by atoms with E-state index in [9.17, 15) is 9.59 Å². The van der Waals surface area contributed by atoms with Crippen LogP contribution in [0.1, 0.15) is 38.7 Å². The van der Waals surface area contributed by atoms with Crippen LogP contribution in [-0.2, 0) is 0 Å². The Morgan fingerprint density at radius 2 is 1.42 bits per heavy atom. The van der Waals surface area contributed by atoms with Crippen molar-refractivity contribution in [1.29, 1.82) is 0 Å². The number of rotatable bonds is 7. The molecule has 0 aliphatic rings. The van der Waals surface area contributed by atoms with E-state index in [1.165, 1.54) is 0 Å². The lowest BCUT2D eigenvalue weighted by Crippen LogP contribution is -2.40. The van der Waals surface area contributed by atoms with Gasteiger partial charge in [0, 0.05) is 29.9 Å². The van der Waals surface area contributed by atoms with Gasteiger partial charge in [0.15, 0.2) is 5.78 Å². The van der Waals surface area contributed by atoms with Gasteiger partial charge in [-0.25, -0.2) is 5.43 Å². The molecule has 2 N–H and O–H groups in total. The lowest BCUT2D eigenvalue weighted by atomic mass is 9.98. The minimum atomic E-state index is -0.338. The van der Waals surface area contributed by atoms with Crippen LogP contribution in [0.15, 0.2) is 85.2 Å². The molecule has 0 saturated heterocycles. The highest BCUT2D eigenvalue weighted by Gasteiger charge is 2.18. The lowest BCUT2D eigenvalue weighted by Gasteiger charge is -2.19. The first-order valence-corrected chi connectivity index (χ1v) is 8.33. The molecule has 26 heavy (non-hydrogen) atoms. The smallest absolute Gasteiger partial charge is 0.265 e. The van der Waals surface area contributed by atoms with Crippen molar-refractivity contribution in [1.82, 2.24) is 15.8 Å². The molecule has 1 unspecified atom stereocenters. The molecule has 130 valence electrons. The van der Waals surface area contributed by atoms with Crippen molar-refractivity contribution in [2.75, 3.05) is 0 Å². The summed E-state index contributed by atoms with van der Waals surface area (Å²) in [5.41, 5.74) is 7.75. The highest BCUT2D eigenvalue weighted by atomic mass is 16.2. The number of ketones is 1. The first-order chi connectivity index (χ1) is 12.7. The summed E-state index contributed by atoms with van der Waals surface area (Å²) in [6.07, 6.45) is 3.34. The third kappa shape index (κ3) is 4.62. The first-order valence-electron chi connectivity index (χ1n) is 8.33. The molecule has 1 aromatic heterocycles. The van der Waals surface area contributed by atoms with E-state index in [0.29, 0.717) is 11.1 Å². The number of hydrogen-bond donors (Lipinski definition) is 2. The minimum absolute atomic E-state index is 0.00473. The number of aromatic nitrogens is 1. The maximum Gasteiger partial charge on any atom is 0.265 e. The highest BCUT2D eigenvalue weighted by Crippen LogP contribution is 2.18. The quantitative estimate of drug-likeness (QED) is 0.509. The van der Waals surface area contributed by atoms with Crippen LogP contribution in [0.3, 0.4) is 0 Å². The van der Waals surface area contributed by atoms with Gasteiger partial charge in [0.1, 0.15) is 0 Å². The maximum atomic E-state index is 12.6. The maximum absolute atomic E-state index is 12.6. The molecule has 0 spiro atoms. The van der Waals surface area contributed by atoms with E-state index in [1.54, 1.807) is 36.7 Å². The number of amides is 1. The lowest BCUT2D eigenvalue weighted by molar-refractivity contribution is 0.0900. The van der Waals surface area contributed by atoms with Crippen LogP contribution >= 0.6 is 0 Å². The van der Waals surface area contributed by atoms with E-state index in [-0.39, 0.29) is 24.2 Å². The SMILES string of the molecule is O=C(CC(NNC(=O)c1ccncc1)c1ccccc1)c1ccccc1. The predicted octanol–water partition coefficient (Wildman–Crippen LogP) is 3.33. The molecule has 1 atom stereocenters. The Kier molecular flexibility index (Phi) is 5.85. The summed E-state index contributed by atoms with van der Waals surface area (Å²) < 4.78 is 0. The summed E-state index contributed by atoms with van der Waals surface area (Å²) in [7, 11) is 0.